The fourth-order valence-electron chi connectivity index (χ4n) is 2.97. The van der Waals surface area contributed by atoms with Crippen molar-refractivity contribution >= 4 is 11.9 Å². The highest BCUT2D eigenvalue weighted by atomic mass is 16.5. The van der Waals surface area contributed by atoms with Gasteiger partial charge in [-0.15, -0.1) is 5.10 Å². The van der Waals surface area contributed by atoms with E-state index in [4.69, 9.17) is 10.5 Å². The number of rotatable bonds is 6. The molecule has 3 rings (SSSR count). The monoisotopic (exact) mass is 378 g/mol. The molecule has 0 bridgehead atoms. The minimum Gasteiger partial charge on any atom is -0.455 e. The Bertz CT molecular complexity index is 1020. The molecule has 0 spiro atoms. The van der Waals surface area contributed by atoms with Crippen molar-refractivity contribution in [2.75, 3.05) is 0 Å². The van der Waals surface area contributed by atoms with E-state index in [1.54, 1.807) is 35.9 Å². The van der Waals surface area contributed by atoms with Gasteiger partial charge in [0, 0.05) is 11.1 Å². The molecule has 0 aliphatic carbocycles. The van der Waals surface area contributed by atoms with Crippen molar-refractivity contribution in [3.63, 3.8) is 0 Å². The number of primary amides is 1. The van der Waals surface area contributed by atoms with Gasteiger partial charge >= 0.3 is 5.97 Å². The number of hydrogen-bond acceptors (Lipinski definition) is 5. The summed E-state index contributed by atoms with van der Waals surface area (Å²) in [4.78, 5) is 28.2. The lowest BCUT2D eigenvalue weighted by molar-refractivity contribution is 0.0456. The van der Waals surface area contributed by atoms with E-state index in [-0.39, 0.29) is 12.4 Å². The van der Waals surface area contributed by atoms with E-state index in [2.05, 4.69) is 23.9 Å². The van der Waals surface area contributed by atoms with Crippen LogP contribution in [0.15, 0.2) is 48.5 Å². The predicted octanol–water partition coefficient (Wildman–Crippen LogP) is 3.16. The molecule has 0 unspecified atom stereocenters. The van der Waals surface area contributed by atoms with Gasteiger partial charge in [0.15, 0.2) is 0 Å². The number of nitrogens with two attached hydrogens (primary N) is 1. The van der Waals surface area contributed by atoms with Gasteiger partial charge in [-0.25, -0.2) is 14.5 Å². The van der Waals surface area contributed by atoms with Crippen molar-refractivity contribution in [3.05, 3.63) is 76.9 Å². The second-order valence-electron chi connectivity index (χ2n) is 6.71. The fourth-order valence-corrected chi connectivity index (χ4v) is 2.97. The van der Waals surface area contributed by atoms with Gasteiger partial charge in [-0.1, -0.05) is 50.2 Å². The molecule has 0 aliphatic rings. The van der Waals surface area contributed by atoms with Crippen LogP contribution in [-0.4, -0.2) is 26.6 Å². The zero-order valence-electron chi connectivity index (χ0n) is 16.0. The highest BCUT2D eigenvalue weighted by molar-refractivity contribution is 5.94. The summed E-state index contributed by atoms with van der Waals surface area (Å²) in [5.41, 5.74) is 8.18. The van der Waals surface area contributed by atoms with Crippen molar-refractivity contribution in [1.29, 1.82) is 0 Å². The molecule has 1 heterocycles. The SMILES string of the molecule is Cc1nc(C(=O)OCc2ccccc2C(N)=O)nn1-c1ccccc1C(C)C. The van der Waals surface area contributed by atoms with Crippen molar-refractivity contribution in [2.24, 2.45) is 5.73 Å². The van der Waals surface area contributed by atoms with Gasteiger partial charge in [0.2, 0.25) is 5.91 Å². The van der Waals surface area contributed by atoms with Gasteiger partial charge in [-0.05, 0) is 30.5 Å². The maximum Gasteiger partial charge on any atom is 0.378 e. The minimum atomic E-state index is -0.664. The fraction of sp³-hybridized carbons (Fsp3) is 0.238. The Kier molecular flexibility index (Phi) is 5.54. The van der Waals surface area contributed by atoms with Crippen molar-refractivity contribution in [2.45, 2.75) is 33.3 Å². The Balaban J connectivity index is 1.82. The molecule has 2 N–H and O–H groups in total. The van der Waals surface area contributed by atoms with E-state index in [1.807, 2.05) is 24.3 Å². The summed E-state index contributed by atoms with van der Waals surface area (Å²) in [6, 6.07) is 14.6. The standard InChI is InChI=1S/C21H22N4O3/c1-13(2)16-9-6-7-11-18(16)25-14(3)23-20(24-25)21(27)28-12-15-8-4-5-10-17(15)19(22)26/h4-11,13H,12H2,1-3H3,(H2,22,26). The quantitative estimate of drug-likeness (QED) is 0.664. The Labute approximate surface area is 163 Å². The van der Waals surface area contributed by atoms with E-state index in [1.165, 1.54) is 0 Å². The van der Waals surface area contributed by atoms with E-state index >= 15 is 0 Å². The molecular formula is C21H22N4O3. The van der Waals surface area contributed by atoms with Gasteiger partial charge in [-0.2, -0.15) is 0 Å². The molecule has 7 heteroatoms. The Morgan fingerprint density at radius 1 is 1.11 bits per heavy atom. The van der Waals surface area contributed by atoms with Crippen molar-refractivity contribution < 1.29 is 14.3 Å². The van der Waals surface area contributed by atoms with Crippen LogP contribution in [-0.2, 0) is 11.3 Å². The molecule has 1 amide bonds. The number of esters is 1. The van der Waals surface area contributed by atoms with Crippen LogP contribution in [0.3, 0.4) is 0 Å². The lowest BCUT2D eigenvalue weighted by Crippen LogP contribution is -2.15. The Hall–Kier alpha value is -3.48. The molecule has 3 aromatic rings. The molecular weight excluding hydrogens is 356 g/mol. The first kappa shape index (κ1) is 19.3. The molecule has 1 aromatic heterocycles. The number of benzene rings is 2. The van der Waals surface area contributed by atoms with Crippen LogP contribution in [0.2, 0.25) is 0 Å². The molecule has 0 atom stereocenters. The highest BCUT2D eigenvalue weighted by Crippen LogP contribution is 2.23. The lowest BCUT2D eigenvalue weighted by Gasteiger charge is -2.12. The third-order valence-electron chi connectivity index (χ3n) is 4.38. The summed E-state index contributed by atoms with van der Waals surface area (Å²) < 4.78 is 6.94. The number of carbonyl (C=O) groups excluding carboxylic acids is 2. The smallest absolute Gasteiger partial charge is 0.378 e. The third-order valence-corrected chi connectivity index (χ3v) is 4.38. The van der Waals surface area contributed by atoms with Gasteiger partial charge in [0.05, 0.1) is 5.69 Å². The number of para-hydroxylation sites is 1. The largest absolute Gasteiger partial charge is 0.455 e. The normalized spacial score (nSPS) is 10.9. The van der Waals surface area contributed by atoms with Gasteiger partial charge in [0.1, 0.15) is 12.4 Å². The van der Waals surface area contributed by atoms with E-state index in [0.29, 0.717) is 22.9 Å². The van der Waals surface area contributed by atoms with Crippen LogP contribution in [0, 0.1) is 6.92 Å². The van der Waals surface area contributed by atoms with E-state index in [0.717, 1.165) is 11.3 Å². The molecule has 0 radical (unpaired) electrons. The van der Waals surface area contributed by atoms with Gasteiger partial charge in [-0.3, -0.25) is 4.79 Å². The van der Waals surface area contributed by atoms with Crippen molar-refractivity contribution in [3.8, 4) is 5.69 Å². The second kappa shape index (κ2) is 8.04. The first-order valence-electron chi connectivity index (χ1n) is 8.96. The molecule has 0 saturated carbocycles. The first-order chi connectivity index (χ1) is 13.4. The zero-order chi connectivity index (χ0) is 20.3. The first-order valence-corrected chi connectivity index (χ1v) is 8.96. The highest BCUT2D eigenvalue weighted by Gasteiger charge is 2.19. The summed E-state index contributed by atoms with van der Waals surface area (Å²) in [6.07, 6.45) is 0. The number of carbonyl (C=O) groups is 2. The van der Waals surface area contributed by atoms with Crippen molar-refractivity contribution in [1.82, 2.24) is 14.8 Å². The molecule has 0 fully saturated rings. The summed E-state index contributed by atoms with van der Waals surface area (Å²) in [6.45, 7) is 5.88. The molecule has 0 aliphatic heterocycles. The molecule has 2 aromatic carbocycles. The molecule has 28 heavy (non-hydrogen) atoms. The molecule has 144 valence electrons. The Morgan fingerprint density at radius 2 is 1.79 bits per heavy atom. The number of aryl methyl sites for hydroxylation is 1. The summed E-state index contributed by atoms with van der Waals surface area (Å²) in [5.74, 6) is -0.399. The van der Waals surface area contributed by atoms with Crippen LogP contribution >= 0.6 is 0 Å². The predicted molar refractivity (Wildman–Crippen MR) is 104 cm³/mol. The van der Waals surface area contributed by atoms with Gasteiger partial charge in [0.25, 0.3) is 5.82 Å². The summed E-state index contributed by atoms with van der Waals surface area (Å²) >= 11 is 0. The van der Waals surface area contributed by atoms with Crippen LogP contribution in [0.1, 0.15) is 57.7 Å². The number of nitrogens with zero attached hydrogens (tertiary/aromatic N) is 3. The average Bonchev–Trinajstić information content (AvgIpc) is 3.07. The maximum absolute atomic E-state index is 12.4. The van der Waals surface area contributed by atoms with Gasteiger partial charge < -0.3 is 10.5 Å². The van der Waals surface area contributed by atoms with Crippen LogP contribution in [0.5, 0.6) is 0 Å². The number of amides is 1. The average molecular weight is 378 g/mol. The minimum absolute atomic E-state index is 0.0346. The van der Waals surface area contributed by atoms with Crippen LogP contribution in [0.4, 0.5) is 0 Å². The lowest BCUT2D eigenvalue weighted by atomic mass is 10.0. The molecule has 0 saturated heterocycles. The zero-order valence-corrected chi connectivity index (χ0v) is 16.0. The third kappa shape index (κ3) is 3.93. The molecule has 7 nitrogen and oxygen atoms in total. The Morgan fingerprint density at radius 3 is 2.50 bits per heavy atom. The van der Waals surface area contributed by atoms with E-state index < -0.39 is 11.9 Å². The van der Waals surface area contributed by atoms with Crippen LogP contribution < -0.4 is 5.73 Å². The number of aromatic nitrogens is 3. The number of ether oxygens (including phenoxy) is 1. The summed E-state index contributed by atoms with van der Waals surface area (Å²) in [5, 5.41) is 4.33. The second-order valence-corrected chi connectivity index (χ2v) is 6.71. The number of hydrogen-bond donors (Lipinski definition) is 1. The topological polar surface area (TPSA) is 100 Å². The maximum atomic E-state index is 12.4. The van der Waals surface area contributed by atoms with Crippen LogP contribution in [0.25, 0.3) is 5.69 Å². The van der Waals surface area contributed by atoms with E-state index in [9.17, 15) is 9.59 Å². The summed E-state index contributed by atoms with van der Waals surface area (Å²) in [7, 11) is 0.